The predicted octanol–water partition coefficient (Wildman–Crippen LogP) is 3.93. The van der Waals surface area contributed by atoms with Crippen molar-refractivity contribution >= 4 is 0 Å². The molecule has 1 fully saturated rings. The zero-order chi connectivity index (χ0) is 12.8. The van der Waals surface area contributed by atoms with Gasteiger partial charge in [0.15, 0.2) is 0 Å². The summed E-state index contributed by atoms with van der Waals surface area (Å²) in [7, 11) is 0. The van der Waals surface area contributed by atoms with Gasteiger partial charge in [-0.15, -0.1) is 0 Å². The lowest BCUT2D eigenvalue weighted by Gasteiger charge is -2.25. The van der Waals surface area contributed by atoms with Crippen LogP contribution in [0.3, 0.4) is 0 Å². The van der Waals surface area contributed by atoms with E-state index in [0.717, 1.165) is 30.9 Å². The highest BCUT2D eigenvalue weighted by Crippen LogP contribution is 2.29. The van der Waals surface area contributed by atoms with Gasteiger partial charge in [-0.1, -0.05) is 31.9 Å². The van der Waals surface area contributed by atoms with E-state index in [-0.39, 0.29) is 5.82 Å². The molecule has 1 atom stereocenters. The summed E-state index contributed by atoms with van der Waals surface area (Å²) in [5.74, 6) is 0.660. The molecule has 1 aliphatic rings. The van der Waals surface area contributed by atoms with Gasteiger partial charge in [-0.25, -0.2) is 4.39 Å². The van der Waals surface area contributed by atoms with Crippen LogP contribution in [-0.2, 0) is 6.42 Å². The molecule has 1 unspecified atom stereocenters. The monoisotopic (exact) mass is 249 g/mol. The minimum absolute atomic E-state index is 0.117. The van der Waals surface area contributed by atoms with Crippen molar-refractivity contribution in [3.8, 4) is 0 Å². The first-order chi connectivity index (χ1) is 8.79. The van der Waals surface area contributed by atoms with Gasteiger partial charge in [-0.05, 0) is 55.8 Å². The Balaban J connectivity index is 1.99. The van der Waals surface area contributed by atoms with Crippen LogP contribution >= 0.6 is 0 Å². The first kappa shape index (κ1) is 13.5. The van der Waals surface area contributed by atoms with Gasteiger partial charge >= 0.3 is 0 Å². The van der Waals surface area contributed by atoms with Crippen molar-refractivity contribution in [1.82, 2.24) is 5.32 Å². The van der Waals surface area contributed by atoms with Crippen molar-refractivity contribution in [2.45, 2.75) is 51.5 Å². The number of halogens is 1. The maximum atomic E-state index is 13.2. The summed E-state index contributed by atoms with van der Waals surface area (Å²) >= 11 is 0. The average molecular weight is 249 g/mol. The SMILES string of the molecule is CCCNC(Cc1cccc(F)c1)C1CCCC1. The van der Waals surface area contributed by atoms with Crippen molar-refractivity contribution < 1.29 is 4.39 Å². The number of hydrogen-bond donors (Lipinski definition) is 1. The van der Waals surface area contributed by atoms with Crippen LogP contribution in [0.25, 0.3) is 0 Å². The average Bonchev–Trinajstić information content (AvgIpc) is 2.88. The third kappa shape index (κ3) is 3.81. The fourth-order valence-electron chi connectivity index (χ4n) is 3.01. The molecule has 1 aromatic rings. The Bertz CT molecular complexity index is 358. The Kier molecular flexibility index (Phi) is 5.18. The first-order valence-corrected chi connectivity index (χ1v) is 7.27. The highest BCUT2D eigenvalue weighted by Gasteiger charge is 2.24. The lowest BCUT2D eigenvalue weighted by Crippen LogP contribution is -2.37. The van der Waals surface area contributed by atoms with Crippen molar-refractivity contribution in [1.29, 1.82) is 0 Å². The fraction of sp³-hybridized carbons (Fsp3) is 0.625. The Morgan fingerprint density at radius 1 is 1.33 bits per heavy atom. The lowest BCUT2D eigenvalue weighted by atomic mass is 9.92. The summed E-state index contributed by atoms with van der Waals surface area (Å²) in [6, 6.07) is 7.58. The molecule has 1 N–H and O–H groups in total. The van der Waals surface area contributed by atoms with Crippen LogP contribution in [0.4, 0.5) is 4.39 Å². The summed E-state index contributed by atoms with van der Waals surface area (Å²) in [5.41, 5.74) is 1.12. The number of hydrogen-bond acceptors (Lipinski definition) is 1. The Hall–Kier alpha value is -0.890. The van der Waals surface area contributed by atoms with E-state index in [9.17, 15) is 4.39 Å². The molecule has 1 aromatic carbocycles. The quantitative estimate of drug-likeness (QED) is 0.805. The molecule has 0 amide bonds. The first-order valence-electron chi connectivity index (χ1n) is 7.27. The number of benzene rings is 1. The summed E-state index contributed by atoms with van der Waals surface area (Å²) in [6.45, 7) is 3.26. The second kappa shape index (κ2) is 6.89. The summed E-state index contributed by atoms with van der Waals surface area (Å²) in [5, 5.41) is 3.66. The largest absolute Gasteiger partial charge is 0.313 e. The maximum Gasteiger partial charge on any atom is 0.123 e. The highest BCUT2D eigenvalue weighted by molar-refractivity contribution is 5.17. The van der Waals surface area contributed by atoms with Gasteiger partial charge in [-0.2, -0.15) is 0 Å². The molecule has 1 nitrogen and oxygen atoms in total. The minimum Gasteiger partial charge on any atom is -0.313 e. The predicted molar refractivity (Wildman–Crippen MR) is 74.1 cm³/mol. The fourth-order valence-corrected chi connectivity index (χ4v) is 3.01. The van der Waals surface area contributed by atoms with E-state index >= 15 is 0 Å². The van der Waals surface area contributed by atoms with E-state index in [1.165, 1.54) is 31.7 Å². The Morgan fingerprint density at radius 2 is 2.11 bits per heavy atom. The van der Waals surface area contributed by atoms with Crippen LogP contribution < -0.4 is 5.32 Å². The molecule has 0 radical (unpaired) electrons. The summed E-state index contributed by atoms with van der Waals surface area (Å²) in [6.07, 6.45) is 7.50. The van der Waals surface area contributed by atoms with Gasteiger partial charge in [-0.3, -0.25) is 0 Å². The lowest BCUT2D eigenvalue weighted by molar-refractivity contribution is 0.356. The van der Waals surface area contributed by atoms with Crippen molar-refractivity contribution in [2.24, 2.45) is 5.92 Å². The standard InChI is InChI=1S/C16H24FN/c1-2-10-18-16(14-7-3-4-8-14)12-13-6-5-9-15(17)11-13/h5-6,9,11,14,16,18H,2-4,7-8,10,12H2,1H3. The van der Waals surface area contributed by atoms with E-state index in [2.05, 4.69) is 12.2 Å². The summed E-state index contributed by atoms with van der Waals surface area (Å²) in [4.78, 5) is 0. The van der Waals surface area contributed by atoms with Gasteiger partial charge in [0.25, 0.3) is 0 Å². The molecule has 0 aromatic heterocycles. The van der Waals surface area contributed by atoms with Crippen LogP contribution in [0.5, 0.6) is 0 Å². The van der Waals surface area contributed by atoms with Gasteiger partial charge in [0.2, 0.25) is 0 Å². The molecule has 18 heavy (non-hydrogen) atoms. The van der Waals surface area contributed by atoms with E-state index in [1.807, 2.05) is 12.1 Å². The molecule has 2 rings (SSSR count). The normalized spacial score (nSPS) is 18.1. The smallest absolute Gasteiger partial charge is 0.123 e. The number of rotatable bonds is 6. The maximum absolute atomic E-state index is 13.2. The molecule has 0 bridgehead atoms. The van der Waals surface area contributed by atoms with E-state index < -0.39 is 0 Å². The third-order valence-corrected chi connectivity index (χ3v) is 3.97. The van der Waals surface area contributed by atoms with Gasteiger partial charge < -0.3 is 5.32 Å². The topological polar surface area (TPSA) is 12.0 Å². The molecule has 0 aliphatic heterocycles. The minimum atomic E-state index is -0.117. The van der Waals surface area contributed by atoms with Crippen molar-refractivity contribution in [3.63, 3.8) is 0 Å². The van der Waals surface area contributed by atoms with Crippen LogP contribution in [-0.4, -0.2) is 12.6 Å². The van der Waals surface area contributed by atoms with Crippen LogP contribution in [0, 0.1) is 11.7 Å². The summed E-state index contributed by atoms with van der Waals surface area (Å²) < 4.78 is 13.2. The second-order valence-corrected chi connectivity index (χ2v) is 5.44. The molecular formula is C16H24FN. The van der Waals surface area contributed by atoms with Crippen LogP contribution in [0.2, 0.25) is 0 Å². The van der Waals surface area contributed by atoms with Crippen molar-refractivity contribution in [2.75, 3.05) is 6.54 Å². The van der Waals surface area contributed by atoms with Crippen LogP contribution in [0.15, 0.2) is 24.3 Å². The van der Waals surface area contributed by atoms with E-state index in [1.54, 1.807) is 6.07 Å². The van der Waals surface area contributed by atoms with E-state index in [4.69, 9.17) is 0 Å². The zero-order valence-electron chi connectivity index (χ0n) is 11.3. The van der Waals surface area contributed by atoms with Gasteiger partial charge in [0, 0.05) is 6.04 Å². The van der Waals surface area contributed by atoms with Gasteiger partial charge in [0.05, 0.1) is 0 Å². The van der Waals surface area contributed by atoms with Gasteiger partial charge in [0.1, 0.15) is 5.82 Å². The molecule has 100 valence electrons. The molecule has 2 heteroatoms. The van der Waals surface area contributed by atoms with E-state index in [0.29, 0.717) is 6.04 Å². The van der Waals surface area contributed by atoms with Crippen LogP contribution in [0.1, 0.15) is 44.6 Å². The molecular weight excluding hydrogens is 225 g/mol. The molecule has 1 saturated carbocycles. The molecule has 0 heterocycles. The molecule has 1 aliphatic carbocycles. The number of nitrogens with one attached hydrogen (secondary N) is 1. The third-order valence-electron chi connectivity index (χ3n) is 3.97. The zero-order valence-corrected chi connectivity index (χ0v) is 11.3. The second-order valence-electron chi connectivity index (χ2n) is 5.44. The van der Waals surface area contributed by atoms with Crippen molar-refractivity contribution in [3.05, 3.63) is 35.6 Å². The Labute approximate surface area is 110 Å². The molecule has 0 saturated heterocycles. The molecule has 0 spiro atoms. The Morgan fingerprint density at radius 3 is 2.78 bits per heavy atom. The highest BCUT2D eigenvalue weighted by atomic mass is 19.1.